The summed E-state index contributed by atoms with van der Waals surface area (Å²) in [5.74, 6) is 0. The number of anilines is 1. The van der Waals surface area contributed by atoms with E-state index in [0.29, 0.717) is 6.04 Å². The Balaban J connectivity index is 1.64. The highest BCUT2D eigenvalue weighted by atomic mass is 79.9. The SMILES string of the molecule is C[C@H](Cn1cc(Br)cn1)Nc1ccc2c(c1)CN(C)C2. The molecule has 0 bridgehead atoms. The smallest absolute Gasteiger partial charge is 0.0632 e. The van der Waals surface area contributed by atoms with Crippen LogP contribution in [0.3, 0.4) is 0 Å². The van der Waals surface area contributed by atoms with Crippen LogP contribution in [0, 0.1) is 0 Å². The van der Waals surface area contributed by atoms with Crippen LogP contribution >= 0.6 is 15.9 Å². The minimum atomic E-state index is 0.332. The molecule has 5 heteroatoms. The maximum absolute atomic E-state index is 4.29. The molecule has 2 heterocycles. The second kappa shape index (κ2) is 5.58. The first-order chi connectivity index (χ1) is 9.60. The highest BCUT2D eigenvalue weighted by Crippen LogP contribution is 2.24. The van der Waals surface area contributed by atoms with Gasteiger partial charge in [0, 0.05) is 31.0 Å². The Morgan fingerprint density at radius 2 is 2.15 bits per heavy atom. The Hall–Kier alpha value is -1.33. The number of rotatable bonds is 4. The molecule has 1 aromatic carbocycles. The normalized spacial score (nSPS) is 16.1. The van der Waals surface area contributed by atoms with Crippen LogP contribution in [0.1, 0.15) is 18.1 Å². The van der Waals surface area contributed by atoms with Crippen molar-refractivity contribution < 1.29 is 0 Å². The van der Waals surface area contributed by atoms with Gasteiger partial charge in [0.1, 0.15) is 0 Å². The first-order valence-electron chi connectivity index (χ1n) is 6.85. The summed E-state index contributed by atoms with van der Waals surface area (Å²) in [6.45, 7) is 5.13. The van der Waals surface area contributed by atoms with Gasteiger partial charge in [-0.3, -0.25) is 9.58 Å². The van der Waals surface area contributed by atoms with Gasteiger partial charge in [-0.2, -0.15) is 5.10 Å². The summed E-state index contributed by atoms with van der Waals surface area (Å²) in [6.07, 6.45) is 3.81. The minimum Gasteiger partial charge on any atom is -0.381 e. The lowest BCUT2D eigenvalue weighted by atomic mass is 10.1. The first kappa shape index (κ1) is 13.6. The lowest BCUT2D eigenvalue weighted by molar-refractivity contribution is 0.353. The largest absolute Gasteiger partial charge is 0.381 e. The second-order valence-electron chi connectivity index (χ2n) is 5.58. The van der Waals surface area contributed by atoms with E-state index in [9.17, 15) is 0 Å². The van der Waals surface area contributed by atoms with Gasteiger partial charge in [0.2, 0.25) is 0 Å². The third kappa shape index (κ3) is 3.04. The Morgan fingerprint density at radius 3 is 2.90 bits per heavy atom. The standard InChI is InChI=1S/C15H19BrN4/c1-11(7-20-10-14(16)6-17-20)18-15-4-3-12-8-19(2)9-13(12)5-15/h3-6,10-11,18H,7-9H2,1-2H3/t11-/m1/s1. The molecule has 4 nitrogen and oxygen atoms in total. The predicted molar refractivity (Wildman–Crippen MR) is 84.6 cm³/mol. The fourth-order valence-electron chi connectivity index (χ4n) is 2.70. The van der Waals surface area contributed by atoms with E-state index in [1.165, 1.54) is 16.8 Å². The van der Waals surface area contributed by atoms with Crippen molar-refractivity contribution in [2.45, 2.75) is 32.6 Å². The Bertz CT molecular complexity index is 608. The molecule has 1 atom stereocenters. The van der Waals surface area contributed by atoms with Gasteiger partial charge in [-0.1, -0.05) is 6.07 Å². The van der Waals surface area contributed by atoms with E-state index in [4.69, 9.17) is 0 Å². The zero-order valence-electron chi connectivity index (χ0n) is 11.8. The van der Waals surface area contributed by atoms with Crippen LogP contribution in [0.15, 0.2) is 35.1 Å². The number of nitrogens with one attached hydrogen (secondary N) is 1. The third-order valence-electron chi connectivity index (χ3n) is 3.56. The van der Waals surface area contributed by atoms with Gasteiger partial charge in [0.25, 0.3) is 0 Å². The average Bonchev–Trinajstić information content (AvgIpc) is 2.93. The summed E-state index contributed by atoms with van der Waals surface area (Å²) < 4.78 is 2.97. The van der Waals surface area contributed by atoms with Crippen LogP contribution in [-0.2, 0) is 19.6 Å². The fourth-order valence-corrected chi connectivity index (χ4v) is 3.03. The van der Waals surface area contributed by atoms with Crippen LogP contribution in [0.4, 0.5) is 5.69 Å². The highest BCUT2D eigenvalue weighted by Gasteiger charge is 2.15. The fraction of sp³-hybridized carbons (Fsp3) is 0.400. The number of aromatic nitrogens is 2. The summed E-state index contributed by atoms with van der Waals surface area (Å²) in [4.78, 5) is 2.33. The molecular formula is C15H19BrN4. The van der Waals surface area contributed by atoms with E-state index >= 15 is 0 Å². The van der Waals surface area contributed by atoms with E-state index in [1.807, 2.05) is 17.1 Å². The topological polar surface area (TPSA) is 33.1 Å². The molecule has 1 aromatic heterocycles. The van der Waals surface area contributed by atoms with Gasteiger partial charge < -0.3 is 5.32 Å². The molecule has 1 aliphatic rings. The zero-order chi connectivity index (χ0) is 14.1. The Morgan fingerprint density at radius 1 is 1.35 bits per heavy atom. The lowest BCUT2D eigenvalue weighted by Gasteiger charge is -2.16. The van der Waals surface area contributed by atoms with E-state index in [2.05, 4.69) is 63.4 Å². The molecule has 1 N–H and O–H groups in total. The number of nitrogens with zero attached hydrogens (tertiary/aromatic N) is 3. The van der Waals surface area contributed by atoms with E-state index in [1.54, 1.807) is 0 Å². The average molecular weight is 335 g/mol. The van der Waals surface area contributed by atoms with Crippen molar-refractivity contribution in [3.8, 4) is 0 Å². The number of halogens is 1. The number of fused-ring (bicyclic) bond motifs is 1. The first-order valence-corrected chi connectivity index (χ1v) is 7.64. The number of hydrogen-bond acceptors (Lipinski definition) is 3. The van der Waals surface area contributed by atoms with Crippen molar-refractivity contribution in [3.05, 3.63) is 46.2 Å². The molecule has 20 heavy (non-hydrogen) atoms. The van der Waals surface area contributed by atoms with E-state index in [-0.39, 0.29) is 0 Å². The molecule has 0 saturated carbocycles. The summed E-state index contributed by atoms with van der Waals surface area (Å²) in [7, 11) is 2.16. The Labute approximate surface area is 127 Å². The molecule has 0 unspecified atom stereocenters. The van der Waals surface area contributed by atoms with Crippen molar-refractivity contribution >= 4 is 21.6 Å². The van der Waals surface area contributed by atoms with Gasteiger partial charge >= 0.3 is 0 Å². The minimum absolute atomic E-state index is 0.332. The van der Waals surface area contributed by atoms with Crippen molar-refractivity contribution in [3.63, 3.8) is 0 Å². The zero-order valence-corrected chi connectivity index (χ0v) is 13.4. The second-order valence-corrected chi connectivity index (χ2v) is 6.50. The van der Waals surface area contributed by atoms with Crippen molar-refractivity contribution in [2.24, 2.45) is 0 Å². The molecule has 0 saturated heterocycles. The molecule has 1 aliphatic heterocycles. The van der Waals surface area contributed by atoms with Gasteiger partial charge in [0.15, 0.2) is 0 Å². The third-order valence-corrected chi connectivity index (χ3v) is 3.97. The quantitative estimate of drug-likeness (QED) is 0.932. The maximum atomic E-state index is 4.29. The van der Waals surface area contributed by atoms with Crippen LogP contribution < -0.4 is 5.32 Å². The summed E-state index contributed by atoms with van der Waals surface area (Å²) in [6, 6.07) is 7.01. The predicted octanol–water partition coefficient (Wildman–Crippen LogP) is 3.09. The van der Waals surface area contributed by atoms with Crippen LogP contribution in [-0.4, -0.2) is 27.8 Å². The summed E-state index contributed by atoms with van der Waals surface area (Å²) >= 11 is 3.42. The summed E-state index contributed by atoms with van der Waals surface area (Å²) in [5, 5.41) is 7.84. The molecule has 2 aromatic rings. The monoisotopic (exact) mass is 334 g/mol. The molecule has 3 rings (SSSR count). The molecule has 0 fully saturated rings. The molecular weight excluding hydrogens is 316 g/mol. The molecule has 0 amide bonds. The number of hydrogen-bond donors (Lipinski definition) is 1. The van der Waals surface area contributed by atoms with Crippen molar-refractivity contribution in [2.75, 3.05) is 12.4 Å². The molecule has 0 spiro atoms. The van der Waals surface area contributed by atoms with Gasteiger partial charge in [-0.25, -0.2) is 0 Å². The van der Waals surface area contributed by atoms with Crippen LogP contribution in [0.2, 0.25) is 0 Å². The van der Waals surface area contributed by atoms with Crippen molar-refractivity contribution in [1.82, 2.24) is 14.7 Å². The van der Waals surface area contributed by atoms with Gasteiger partial charge in [-0.05, 0) is 53.2 Å². The van der Waals surface area contributed by atoms with E-state index in [0.717, 1.165) is 24.1 Å². The molecule has 106 valence electrons. The Kier molecular flexibility index (Phi) is 3.81. The molecule has 0 aliphatic carbocycles. The highest BCUT2D eigenvalue weighted by molar-refractivity contribution is 9.10. The van der Waals surface area contributed by atoms with E-state index < -0.39 is 0 Å². The van der Waals surface area contributed by atoms with Gasteiger partial charge in [-0.15, -0.1) is 0 Å². The van der Waals surface area contributed by atoms with Gasteiger partial charge in [0.05, 0.1) is 17.2 Å². The van der Waals surface area contributed by atoms with Crippen LogP contribution in [0.5, 0.6) is 0 Å². The number of benzene rings is 1. The maximum Gasteiger partial charge on any atom is 0.0632 e. The molecule has 0 radical (unpaired) electrons. The lowest BCUT2D eigenvalue weighted by Crippen LogP contribution is -2.22. The van der Waals surface area contributed by atoms with Crippen LogP contribution in [0.25, 0.3) is 0 Å². The summed E-state index contributed by atoms with van der Waals surface area (Å²) in [5.41, 5.74) is 4.08. The van der Waals surface area contributed by atoms with Crippen molar-refractivity contribution in [1.29, 1.82) is 0 Å².